The van der Waals surface area contributed by atoms with Gasteiger partial charge in [0.05, 0.1) is 55.5 Å². The van der Waals surface area contributed by atoms with E-state index in [4.69, 9.17) is 42.6 Å². The Kier molecular flexibility index (Phi) is 12.0. The number of rotatable bonds is 9. The van der Waals surface area contributed by atoms with Crippen molar-refractivity contribution in [2.45, 2.75) is 91.6 Å². The molecule has 8 rings (SSSR count). The number of nitrogens with two attached hydrogens (primary N) is 1. The maximum Gasteiger partial charge on any atom is 0.478 e. The van der Waals surface area contributed by atoms with E-state index in [0.717, 1.165) is 0 Å². The van der Waals surface area contributed by atoms with Crippen LogP contribution in [0.25, 0.3) is 22.3 Å². The van der Waals surface area contributed by atoms with Crippen LogP contribution in [0.1, 0.15) is 66.1 Å². The highest BCUT2D eigenvalue weighted by Crippen LogP contribution is 2.74. The number of nitrogens with zero attached hydrogens (tertiary/aromatic N) is 7. The Morgan fingerprint density at radius 2 is 1.70 bits per heavy atom. The minimum atomic E-state index is -4.95. The zero-order valence-electron chi connectivity index (χ0n) is 35.3. The zero-order valence-corrected chi connectivity index (χ0v) is 37.9. The molecule has 2 saturated carbocycles. The lowest BCUT2D eigenvalue weighted by molar-refractivity contribution is -0.161. The van der Waals surface area contributed by atoms with E-state index in [1.54, 1.807) is 53.0 Å². The number of ether oxygens (including phenoxy) is 3. The maximum atomic E-state index is 15.1. The summed E-state index contributed by atoms with van der Waals surface area (Å²) >= 11 is 0.545. The number of aromatic amines is 1. The predicted molar refractivity (Wildman–Crippen MR) is 219 cm³/mol. The number of aryl methyl sites for hydroxylation is 1. The number of fused-ring (bicyclic) bond motifs is 4. The zero-order chi connectivity index (χ0) is 45.4. The number of hydrogen-bond donors (Lipinski definition) is 4. The average molecular weight is 942 g/mol. The van der Waals surface area contributed by atoms with Gasteiger partial charge in [-0.1, -0.05) is 0 Å². The topological polar surface area (TPSA) is 316 Å². The van der Waals surface area contributed by atoms with Gasteiger partial charge in [0.25, 0.3) is 5.56 Å². The lowest BCUT2D eigenvalue weighted by atomic mass is 9.98. The normalized spacial score (nSPS) is 33.5. The van der Waals surface area contributed by atoms with E-state index in [1.807, 2.05) is 0 Å². The molecule has 344 valence electrons. The third-order valence-electron chi connectivity index (χ3n) is 11.5. The summed E-state index contributed by atoms with van der Waals surface area (Å²) in [6.45, 7) is 4.10. The predicted octanol–water partition coefficient (Wildman–Crippen LogP) is 3.15. The lowest BCUT2D eigenvalue weighted by Gasteiger charge is -2.32. The number of aromatic nitrogens is 8. The molecule has 11 atom stereocenters. The highest BCUT2D eigenvalue weighted by Gasteiger charge is 2.74. The number of carbonyl (C=O) groups excluding carboxylic acids is 2. The summed E-state index contributed by atoms with van der Waals surface area (Å²) in [4.78, 5) is 62.4. The summed E-state index contributed by atoms with van der Waals surface area (Å²) in [5.41, 5.74) is 2.91. The Labute approximate surface area is 363 Å². The molecule has 24 nitrogen and oxygen atoms in total. The number of H-pyrrole nitrogens is 1. The van der Waals surface area contributed by atoms with E-state index >= 15 is 9.13 Å². The molecule has 2 aliphatic heterocycles. The van der Waals surface area contributed by atoms with Crippen LogP contribution in [0.3, 0.4) is 0 Å². The highest BCUT2D eigenvalue weighted by atomic mass is 32.7. The first-order valence-electron chi connectivity index (χ1n) is 19.9. The summed E-state index contributed by atoms with van der Waals surface area (Å²) in [5.74, 6) is -3.14. The Balaban J connectivity index is 1.21. The molecule has 0 unspecified atom stereocenters. The van der Waals surface area contributed by atoms with Gasteiger partial charge in [-0.2, -0.15) is 0 Å². The molecule has 4 aromatic rings. The third-order valence-corrected chi connectivity index (χ3v) is 16.2. The van der Waals surface area contributed by atoms with Crippen LogP contribution in [0, 0.1) is 35.0 Å². The van der Waals surface area contributed by atoms with Crippen LogP contribution >= 0.6 is 26.0 Å². The van der Waals surface area contributed by atoms with E-state index in [2.05, 4.69) is 29.9 Å². The molecule has 4 aliphatic rings. The van der Waals surface area contributed by atoms with Crippen molar-refractivity contribution in [2.75, 3.05) is 38.3 Å². The van der Waals surface area contributed by atoms with Crippen LogP contribution in [0.5, 0.6) is 0 Å². The van der Waals surface area contributed by atoms with Gasteiger partial charge in [0.1, 0.15) is 41.9 Å². The van der Waals surface area contributed by atoms with Crippen LogP contribution < -0.4 is 11.3 Å². The van der Waals surface area contributed by atoms with Crippen LogP contribution in [-0.4, -0.2) is 118 Å². The first kappa shape index (κ1) is 45.7. The molecular formula is C36H49N9O15P2S. The monoisotopic (exact) mass is 941 g/mol. The number of carbonyl (C=O) groups is 2. The largest absolute Gasteiger partial charge is 0.478 e. The summed E-state index contributed by atoms with van der Waals surface area (Å²) in [7, 11) is -4.95. The molecule has 1 spiro atoms. The minimum absolute atomic E-state index is 0.0443. The average Bonchev–Trinajstić information content (AvgIpc) is 3.49. The minimum Gasteiger partial charge on any atom is -0.454 e. The van der Waals surface area contributed by atoms with Crippen LogP contribution in [-0.2, 0) is 55.5 Å². The third kappa shape index (κ3) is 8.58. The Bertz CT molecular complexity index is 2580. The molecule has 27 heteroatoms. The summed E-state index contributed by atoms with van der Waals surface area (Å²) in [5, 5.41) is 23.1. The second kappa shape index (κ2) is 16.5. The number of esters is 2. The van der Waals surface area contributed by atoms with Gasteiger partial charge in [0.15, 0.2) is 28.9 Å². The quantitative estimate of drug-likeness (QED) is 0.106. The smallest absolute Gasteiger partial charge is 0.454 e. The van der Waals surface area contributed by atoms with E-state index in [9.17, 15) is 24.6 Å². The van der Waals surface area contributed by atoms with Gasteiger partial charge in [-0.3, -0.25) is 37.0 Å². The van der Waals surface area contributed by atoms with Crippen LogP contribution in [0.2, 0.25) is 0 Å². The summed E-state index contributed by atoms with van der Waals surface area (Å²) in [6.07, 6.45) is -2.73. The number of phosphoric acid groups is 1. The molecule has 6 heterocycles. The Morgan fingerprint density at radius 3 is 2.41 bits per heavy atom. The number of anilines is 1. The van der Waals surface area contributed by atoms with Gasteiger partial charge in [-0.05, 0) is 60.8 Å². The van der Waals surface area contributed by atoms with Crippen LogP contribution in [0.15, 0.2) is 23.8 Å². The van der Waals surface area contributed by atoms with Crippen molar-refractivity contribution in [2.24, 2.45) is 28.1 Å². The SMILES string of the molecule is Cc1nc2c(ncn2[C@@H]2O[C@@H]3CO[P@@](=O)(SCOC(=O)C(C)(C)C)O[C@H]4[C@@H](O)[C@H](n5cnc6c(N)ncnc65)[C@H]5C[C@@]54CO[P@](=O)(OCOC(=O)C(C)(C)C)O[C@@H]2[C@@H]3CO)c(=O)[nH]1. The first-order valence-corrected chi connectivity index (χ1v) is 24.5. The van der Waals surface area contributed by atoms with E-state index < -0.39 is 129 Å². The van der Waals surface area contributed by atoms with Crippen LogP contribution in [0.4, 0.5) is 5.82 Å². The molecule has 5 N–H and O–H groups in total. The van der Waals surface area contributed by atoms with E-state index in [1.165, 1.54) is 23.5 Å². The number of phosphoric ester groups is 1. The second-order valence-corrected chi connectivity index (χ2v) is 23.5. The van der Waals surface area contributed by atoms with Gasteiger partial charge in [-0.15, -0.1) is 0 Å². The van der Waals surface area contributed by atoms with Gasteiger partial charge >= 0.3 is 26.6 Å². The van der Waals surface area contributed by atoms with Crippen molar-refractivity contribution in [3.8, 4) is 0 Å². The molecule has 4 aromatic heterocycles. The number of aliphatic hydroxyl groups excluding tert-OH is 2. The molecule has 4 fully saturated rings. The first-order chi connectivity index (χ1) is 29.6. The molecule has 0 aromatic carbocycles. The van der Waals surface area contributed by atoms with E-state index in [0.29, 0.717) is 11.4 Å². The summed E-state index contributed by atoms with van der Waals surface area (Å²) in [6, 6.07) is -0.853. The molecule has 2 aliphatic carbocycles. The number of imidazole rings is 2. The maximum absolute atomic E-state index is 15.1. The van der Waals surface area contributed by atoms with E-state index in [-0.39, 0.29) is 40.4 Å². The molecule has 0 radical (unpaired) electrons. The fourth-order valence-electron chi connectivity index (χ4n) is 8.07. The fraction of sp³-hybridized carbons (Fsp3) is 0.667. The molecule has 2 bridgehead atoms. The number of hydrogen-bond acceptors (Lipinski definition) is 22. The van der Waals surface area contributed by atoms with Crippen molar-refractivity contribution in [3.05, 3.63) is 35.2 Å². The Morgan fingerprint density at radius 1 is 1.00 bits per heavy atom. The molecule has 2 saturated heterocycles. The number of aliphatic hydroxyl groups is 2. The van der Waals surface area contributed by atoms with Crippen molar-refractivity contribution >= 4 is 66.1 Å². The lowest BCUT2D eigenvalue weighted by Crippen LogP contribution is -2.38. The number of nitrogen functional groups attached to an aromatic ring is 1. The standard InChI is InChI=1S/C36H49N9O15P2S/c1-17-42-29-22(30(48)43-17)41-14-45(29)31-25-18(9-46)20(58-31)10-55-62(52,63-16-54-33(50)35(5,6)7)60-26-24(47)23(44-13-40-21-27(37)38-12-39-28(21)44)19-8-36(19,26)11-56-61(51,59-25)57-15-53-32(49)34(2,3)4/h12-14,18-20,23-26,31,46-47H,8-11,15-16H2,1-7H3,(H2,37,38,39)(H,42,43,48)/t18-,19-,20-,23-,24+,25-,26+,31-,36-,61-,62-/m1/s1. The highest BCUT2D eigenvalue weighted by molar-refractivity contribution is 8.55. The molecule has 63 heavy (non-hydrogen) atoms. The van der Waals surface area contributed by atoms with Crippen molar-refractivity contribution in [1.29, 1.82) is 0 Å². The number of nitrogens with one attached hydrogen (secondary N) is 1. The fourth-order valence-corrected chi connectivity index (χ4v) is 12.2. The van der Waals surface area contributed by atoms with Crippen molar-refractivity contribution in [3.63, 3.8) is 0 Å². The van der Waals surface area contributed by atoms with Gasteiger partial charge < -0.3 is 39.7 Å². The molecular weight excluding hydrogens is 892 g/mol. The van der Waals surface area contributed by atoms with Gasteiger partial charge in [-0.25, -0.2) is 38.6 Å². The van der Waals surface area contributed by atoms with Gasteiger partial charge in [0, 0.05) is 22.7 Å². The Hall–Kier alpha value is -3.87. The molecule has 0 amide bonds. The summed E-state index contributed by atoms with van der Waals surface area (Å²) < 4.78 is 81.0. The van der Waals surface area contributed by atoms with Gasteiger partial charge in [0.2, 0.25) is 6.79 Å². The van der Waals surface area contributed by atoms with Crippen molar-refractivity contribution in [1.82, 2.24) is 39.0 Å². The second-order valence-electron chi connectivity index (χ2n) is 17.9. The van der Waals surface area contributed by atoms with Crippen molar-refractivity contribution < 1.29 is 65.8 Å².